The van der Waals surface area contributed by atoms with Gasteiger partial charge in [0.15, 0.2) is 5.76 Å². The van der Waals surface area contributed by atoms with Crippen LogP contribution >= 0.6 is 11.6 Å². The van der Waals surface area contributed by atoms with Crippen LogP contribution in [0, 0.1) is 6.92 Å². The third-order valence-corrected chi connectivity index (χ3v) is 2.27. The van der Waals surface area contributed by atoms with Crippen molar-refractivity contribution in [3.63, 3.8) is 0 Å². The summed E-state index contributed by atoms with van der Waals surface area (Å²) in [7, 11) is 0. The van der Waals surface area contributed by atoms with E-state index >= 15 is 0 Å². The van der Waals surface area contributed by atoms with Gasteiger partial charge in [0.05, 0.1) is 6.20 Å². The smallest absolute Gasteiger partial charge is 0.189 e. The first-order valence-electron chi connectivity index (χ1n) is 4.15. The van der Waals surface area contributed by atoms with Crippen molar-refractivity contribution < 1.29 is 4.52 Å². The van der Waals surface area contributed by atoms with Crippen LogP contribution in [0.1, 0.15) is 5.56 Å². The van der Waals surface area contributed by atoms with Crippen LogP contribution in [-0.4, -0.2) is 5.16 Å². The maximum atomic E-state index is 5.84. The molecule has 0 spiro atoms. The Kier molecular flexibility index (Phi) is 2.17. The highest BCUT2D eigenvalue weighted by Crippen LogP contribution is 2.29. The number of anilines is 1. The highest BCUT2D eigenvalue weighted by molar-refractivity contribution is 6.30. The van der Waals surface area contributed by atoms with Crippen molar-refractivity contribution in [2.45, 2.75) is 6.92 Å². The van der Waals surface area contributed by atoms with Gasteiger partial charge in [-0.3, -0.25) is 0 Å². The third-order valence-electron chi connectivity index (χ3n) is 2.03. The molecule has 4 heteroatoms. The van der Waals surface area contributed by atoms with Gasteiger partial charge in [-0.15, -0.1) is 0 Å². The molecule has 0 fully saturated rings. The van der Waals surface area contributed by atoms with Crippen LogP contribution in [0.2, 0.25) is 5.02 Å². The van der Waals surface area contributed by atoms with E-state index in [1.807, 2.05) is 19.1 Å². The molecule has 0 unspecified atom stereocenters. The van der Waals surface area contributed by atoms with Crippen LogP contribution < -0.4 is 5.73 Å². The molecule has 2 rings (SSSR count). The molecule has 0 saturated heterocycles. The van der Waals surface area contributed by atoms with Crippen LogP contribution in [-0.2, 0) is 0 Å². The fourth-order valence-corrected chi connectivity index (χ4v) is 1.56. The van der Waals surface area contributed by atoms with E-state index in [1.54, 1.807) is 6.07 Å². The number of halogens is 1. The summed E-state index contributed by atoms with van der Waals surface area (Å²) in [6.07, 6.45) is 1.49. The summed E-state index contributed by atoms with van der Waals surface area (Å²) in [6.45, 7) is 1.95. The zero-order valence-electron chi connectivity index (χ0n) is 7.62. The molecular weight excluding hydrogens is 200 g/mol. The number of aryl methyl sites for hydroxylation is 1. The summed E-state index contributed by atoms with van der Waals surface area (Å²) < 4.78 is 5.05. The molecule has 0 aliphatic rings. The van der Waals surface area contributed by atoms with Gasteiger partial charge in [0.1, 0.15) is 5.69 Å². The Bertz CT molecular complexity index is 465. The second-order valence-corrected chi connectivity index (χ2v) is 3.51. The van der Waals surface area contributed by atoms with Gasteiger partial charge < -0.3 is 10.3 Å². The first-order chi connectivity index (χ1) is 6.68. The minimum Gasteiger partial charge on any atom is -0.394 e. The Labute approximate surface area is 86.5 Å². The number of rotatable bonds is 1. The van der Waals surface area contributed by atoms with E-state index in [1.165, 1.54) is 6.20 Å². The second-order valence-electron chi connectivity index (χ2n) is 3.07. The molecule has 0 amide bonds. The molecule has 1 heterocycles. The first-order valence-corrected chi connectivity index (χ1v) is 4.53. The average Bonchev–Trinajstić information content (AvgIpc) is 2.52. The van der Waals surface area contributed by atoms with Crippen LogP contribution in [0.3, 0.4) is 0 Å². The molecule has 1 aromatic carbocycles. The fraction of sp³-hybridized carbons (Fsp3) is 0.100. The molecular formula is C10H9ClN2O. The van der Waals surface area contributed by atoms with E-state index in [9.17, 15) is 0 Å². The standard InChI is InChI=1S/C10H9ClN2O/c1-6-4-7(11)2-3-8(6)10-9(12)5-13-14-10/h2-5H,12H2,1H3. The van der Waals surface area contributed by atoms with E-state index in [0.717, 1.165) is 11.1 Å². The molecule has 72 valence electrons. The summed E-state index contributed by atoms with van der Waals surface area (Å²) >= 11 is 5.84. The maximum absolute atomic E-state index is 5.84. The lowest BCUT2D eigenvalue weighted by Crippen LogP contribution is -1.87. The third kappa shape index (κ3) is 1.46. The van der Waals surface area contributed by atoms with E-state index < -0.39 is 0 Å². The summed E-state index contributed by atoms with van der Waals surface area (Å²) in [5, 5.41) is 4.33. The number of benzene rings is 1. The highest BCUT2D eigenvalue weighted by Gasteiger charge is 2.10. The Morgan fingerprint density at radius 2 is 2.21 bits per heavy atom. The normalized spacial score (nSPS) is 10.4. The minimum absolute atomic E-state index is 0.537. The summed E-state index contributed by atoms with van der Waals surface area (Å²) in [6, 6.07) is 5.53. The Hall–Kier alpha value is -1.48. The lowest BCUT2D eigenvalue weighted by atomic mass is 10.1. The van der Waals surface area contributed by atoms with Gasteiger partial charge in [-0.1, -0.05) is 16.8 Å². The SMILES string of the molecule is Cc1cc(Cl)ccc1-c1oncc1N. The topological polar surface area (TPSA) is 52.0 Å². The minimum atomic E-state index is 0.537. The van der Waals surface area contributed by atoms with E-state index in [4.69, 9.17) is 21.9 Å². The Morgan fingerprint density at radius 3 is 2.79 bits per heavy atom. The summed E-state index contributed by atoms with van der Waals surface area (Å²) in [5.74, 6) is 0.596. The van der Waals surface area contributed by atoms with Crippen molar-refractivity contribution in [3.05, 3.63) is 35.0 Å². The monoisotopic (exact) mass is 208 g/mol. The number of nitrogen functional groups attached to an aromatic ring is 1. The molecule has 0 saturated carbocycles. The molecule has 14 heavy (non-hydrogen) atoms. The molecule has 0 aliphatic carbocycles. The van der Waals surface area contributed by atoms with Crippen molar-refractivity contribution in [1.82, 2.24) is 5.16 Å². The van der Waals surface area contributed by atoms with Gasteiger partial charge >= 0.3 is 0 Å². The lowest BCUT2D eigenvalue weighted by Gasteiger charge is -2.02. The molecule has 2 N–H and O–H groups in total. The molecule has 0 atom stereocenters. The first kappa shape index (κ1) is 9.09. The quantitative estimate of drug-likeness (QED) is 0.784. The number of nitrogens with two attached hydrogens (primary N) is 1. The van der Waals surface area contributed by atoms with E-state index in [-0.39, 0.29) is 0 Å². The zero-order valence-corrected chi connectivity index (χ0v) is 8.38. The van der Waals surface area contributed by atoms with Crippen molar-refractivity contribution >= 4 is 17.3 Å². The van der Waals surface area contributed by atoms with Crippen LogP contribution in [0.5, 0.6) is 0 Å². The van der Waals surface area contributed by atoms with Crippen LogP contribution in [0.25, 0.3) is 11.3 Å². The molecule has 1 aromatic heterocycles. The van der Waals surface area contributed by atoms with Crippen molar-refractivity contribution in [3.8, 4) is 11.3 Å². The van der Waals surface area contributed by atoms with Crippen LogP contribution in [0.4, 0.5) is 5.69 Å². The van der Waals surface area contributed by atoms with Gasteiger partial charge in [-0.05, 0) is 30.7 Å². The van der Waals surface area contributed by atoms with Crippen molar-refractivity contribution in [1.29, 1.82) is 0 Å². The Balaban J connectivity index is 2.58. The van der Waals surface area contributed by atoms with E-state index in [0.29, 0.717) is 16.5 Å². The molecule has 2 aromatic rings. The van der Waals surface area contributed by atoms with Gasteiger partial charge in [0.25, 0.3) is 0 Å². The zero-order chi connectivity index (χ0) is 10.1. The molecule has 3 nitrogen and oxygen atoms in total. The summed E-state index contributed by atoms with van der Waals surface area (Å²) in [4.78, 5) is 0. The molecule has 0 aliphatic heterocycles. The fourth-order valence-electron chi connectivity index (χ4n) is 1.33. The second kappa shape index (κ2) is 3.35. The van der Waals surface area contributed by atoms with E-state index in [2.05, 4.69) is 5.16 Å². The average molecular weight is 209 g/mol. The Morgan fingerprint density at radius 1 is 1.43 bits per heavy atom. The lowest BCUT2D eigenvalue weighted by molar-refractivity contribution is 0.432. The molecule has 0 radical (unpaired) electrons. The van der Waals surface area contributed by atoms with Gasteiger partial charge in [-0.25, -0.2) is 0 Å². The van der Waals surface area contributed by atoms with Gasteiger partial charge in [0.2, 0.25) is 0 Å². The number of aromatic nitrogens is 1. The molecule has 0 bridgehead atoms. The van der Waals surface area contributed by atoms with Gasteiger partial charge in [0, 0.05) is 10.6 Å². The predicted molar refractivity (Wildman–Crippen MR) is 56.1 cm³/mol. The maximum Gasteiger partial charge on any atom is 0.189 e. The largest absolute Gasteiger partial charge is 0.394 e. The predicted octanol–water partition coefficient (Wildman–Crippen LogP) is 2.89. The van der Waals surface area contributed by atoms with Crippen molar-refractivity contribution in [2.75, 3.05) is 5.73 Å². The van der Waals surface area contributed by atoms with Crippen LogP contribution in [0.15, 0.2) is 28.9 Å². The van der Waals surface area contributed by atoms with Crippen molar-refractivity contribution in [2.24, 2.45) is 0 Å². The summed E-state index contributed by atoms with van der Waals surface area (Å²) in [5.41, 5.74) is 8.16. The highest BCUT2D eigenvalue weighted by atomic mass is 35.5. The number of nitrogens with zero attached hydrogens (tertiary/aromatic N) is 1. The van der Waals surface area contributed by atoms with Gasteiger partial charge in [-0.2, -0.15) is 0 Å². The number of hydrogen-bond acceptors (Lipinski definition) is 3. The number of hydrogen-bond donors (Lipinski definition) is 1.